The van der Waals surface area contributed by atoms with Crippen LogP contribution in [-0.4, -0.2) is 62.8 Å². The molecule has 1 aromatic carbocycles. The Morgan fingerprint density at radius 2 is 1.86 bits per heavy atom. The van der Waals surface area contributed by atoms with Gasteiger partial charge >= 0.3 is 0 Å². The fourth-order valence-electron chi connectivity index (χ4n) is 4.37. The van der Waals surface area contributed by atoms with Gasteiger partial charge in [-0.1, -0.05) is 23.2 Å². The zero-order valence-electron chi connectivity index (χ0n) is 17.3. The number of nitrogens with zero attached hydrogens (tertiary/aromatic N) is 2. The zero-order valence-corrected chi connectivity index (χ0v) is 18.9. The number of ether oxygens (including phenoxy) is 1. The first-order valence-electron chi connectivity index (χ1n) is 10.8. The average Bonchev–Trinajstić information content (AvgIpc) is 2.74. The fraction of sp³-hybridized carbons (Fsp3) is 0.682. The van der Waals surface area contributed by atoms with Crippen LogP contribution in [0.4, 0.5) is 5.69 Å². The predicted octanol–water partition coefficient (Wildman–Crippen LogP) is 4.22. The van der Waals surface area contributed by atoms with Crippen molar-refractivity contribution >= 4 is 34.8 Å². The number of carbonyl (C=O) groups excluding carboxylic acids is 1. The smallest absolute Gasteiger partial charge is 0.246 e. The number of nitrogens with one attached hydrogen (secondary N) is 1. The number of rotatable bonds is 8. The lowest BCUT2D eigenvalue weighted by Crippen LogP contribution is -2.47. The molecule has 1 saturated heterocycles. The largest absolute Gasteiger partial charge is 0.372 e. The van der Waals surface area contributed by atoms with Gasteiger partial charge in [0, 0.05) is 43.9 Å². The Hall–Kier alpha value is -1.01. The van der Waals surface area contributed by atoms with Crippen LogP contribution in [0.25, 0.3) is 0 Å². The molecule has 1 saturated carbocycles. The van der Waals surface area contributed by atoms with Crippen molar-refractivity contribution < 1.29 is 9.53 Å². The van der Waals surface area contributed by atoms with Crippen LogP contribution in [0.1, 0.15) is 39.0 Å². The Bertz CT molecular complexity index is 657. The Morgan fingerprint density at radius 1 is 1.14 bits per heavy atom. The molecule has 0 spiro atoms. The summed E-state index contributed by atoms with van der Waals surface area (Å²) in [5, 5.41) is 4.61. The van der Waals surface area contributed by atoms with E-state index in [4.69, 9.17) is 27.9 Å². The topological polar surface area (TPSA) is 44.8 Å². The van der Waals surface area contributed by atoms with Gasteiger partial charge in [0.05, 0.1) is 10.7 Å². The Kier molecular flexibility index (Phi) is 8.91. The molecule has 1 N–H and O–H groups in total. The summed E-state index contributed by atoms with van der Waals surface area (Å²) in [6, 6.07) is 6.00. The van der Waals surface area contributed by atoms with Crippen molar-refractivity contribution in [3.63, 3.8) is 0 Å². The van der Waals surface area contributed by atoms with Crippen molar-refractivity contribution in [3.8, 4) is 0 Å². The molecule has 162 valence electrons. The number of hydrogen-bond donors (Lipinski definition) is 1. The highest BCUT2D eigenvalue weighted by Crippen LogP contribution is 2.30. The van der Waals surface area contributed by atoms with Crippen molar-refractivity contribution in [1.29, 1.82) is 0 Å². The molecular weight excluding hydrogens is 409 g/mol. The van der Waals surface area contributed by atoms with Crippen LogP contribution in [-0.2, 0) is 9.53 Å². The van der Waals surface area contributed by atoms with E-state index >= 15 is 0 Å². The Balaban J connectivity index is 1.33. The van der Waals surface area contributed by atoms with Crippen LogP contribution < -0.4 is 10.2 Å². The quantitative estimate of drug-likeness (QED) is 0.655. The van der Waals surface area contributed by atoms with Gasteiger partial charge in [0.1, 0.15) is 6.61 Å². The second-order valence-corrected chi connectivity index (χ2v) is 8.98. The monoisotopic (exact) mass is 441 g/mol. The first-order valence-corrected chi connectivity index (χ1v) is 11.6. The molecule has 0 bridgehead atoms. The zero-order chi connectivity index (χ0) is 20.6. The van der Waals surface area contributed by atoms with E-state index in [2.05, 4.69) is 15.1 Å². The summed E-state index contributed by atoms with van der Waals surface area (Å²) in [4.78, 5) is 16.7. The van der Waals surface area contributed by atoms with Crippen LogP contribution in [0.15, 0.2) is 18.2 Å². The van der Waals surface area contributed by atoms with Gasteiger partial charge in [0.2, 0.25) is 5.91 Å². The van der Waals surface area contributed by atoms with E-state index in [0.29, 0.717) is 12.6 Å². The van der Waals surface area contributed by atoms with Crippen molar-refractivity contribution in [2.75, 3.05) is 50.8 Å². The van der Waals surface area contributed by atoms with Crippen molar-refractivity contribution in [3.05, 3.63) is 28.2 Å². The highest BCUT2D eigenvalue weighted by Gasteiger charge is 2.24. The minimum atomic E-state index is 0.0213. The standard InChI is InChI=1S/C22H33Cl2N3O2/c1-2-29-16-22(28)25-19-6-3-17(4-7-19)9-10-26-11-13-27(14-12-26)21-15-18(23)5-8-20(21)24/h5,8,15,17,19H,2-4,6-7,9-14,16H2,1H3,(H,25,28). The van der Waals surface area contributed by atoms with Crippen LogP contribution in [0.2, 0.25) is 10.0 Å². The van der Waals surface area contributed by atoms with Crippen LogP contribution in [0, 0.1) is 5.92 Å². The van der Waals surface area contributed by atoms with Crippen molar-refractivity contribution in [1.82, 2.24) is 10.2 Å². The van der Waals surface area contributed by atoms with Crippen LogP contribution >= 0.6 is 23.2 Å². The first-order chi connectivity index (χ1) is 14.0. The number of amides is 1. The van der Waals surface area contributed by atoms with Crippen molar-refractivity contribution in [2.24, 2.45) is 5.92 Å². The normalized spacial score (nSPS) is 23.2. The molecule has 0 aromatic heterocycles. The van der Waals surface area contributed by atoms with E-state index in [1.807, 2.05) is 25.1 Å². The van der Waals surface area contributed by atoms with E-state index in [-0.39, 0.29) is 12.5 Å². The molecule has 29 heavy (non-hydrogen) atoms. The van der Waals surface area contributed by atoms with Gasteiger partial charge in [0.15, 0.2) is 0 Å². The number of piperazine rings is 1. The molecule has 3 rings (SSSR count). The minimum Gasteiger partial charge on any atom is -0.372 e. The van der Waals surface area contributed by atoms with Crippen LogP contribution in [0.3, 0.4) is 0 Å². The molecule has 1 aromatic rings. The second kappa shape index (κ2) is 11.4. The Morgan fingerprint density at radius 3 is 2.55 bits per heavy atom. The average molecular weight is 442 g/mol. The molecule has 2 fully saturated rings. The fourth-order valence-corrected chi connectivity index (χ4v) is 4.77. The van der Waals surface area contributed by atoms with Gasteiger partial charge in [-0.3, -0.25) is 9.69 Å². The van der Waals surface area contributed by atoms with Gasteiger partial charge in [-0.05, 0) is 69.7 Å². The molecule has 1 aliphatic carbocycles. The lowest BCUT2D eigenvalue weighted by molar-refractivity contribution is -0.126. The molecule has 5 nitrogen and oxygen atoms in total. The van der Waals surface area contributed by atoms with E-state index in [0.717, 1.165) is 67.2 Å². The summed E-state index contributed by atoms with van der Waals surface area (Å²) in [7, 11) is 0. The Labute approximate surface area is 184 Å². The van der Waals surface area contributed by atoms with E-state index in [1.54, 1.807) is 0 Å². The molecule has 1 heterocycles. The molecule has 7 heteroatoms. The number of carbonyl (C=O) groups is 1. The molecule has 2 aliphatic rings. The molecular formula is C22H33Cl2N3O2. The molecule has 1 aliphatic heterocycles. The first kappa shape index (κ1) is 22.7. The number of halogens is 2. The number of anilines is 1. The summed E-state index contributed by atoms with van der Waals surface area (Å²) < 4.78 is 5.18. The number of hydrogen-bond acceptors (Lipinski definition) is 4. The third-order valence-corrected chi connectivity index (χ3v) is 6.68. The van der Waals surface area contributed by atoms with Gasteiger partial charge in [-0.15, -0.1) is 0 Å². The maximum Gasteiger partial charge on any atom is 0.246 e. The van der Waals surface area contributed by atoms with Gasteiger partial charge < -0.3 is 15.0 Å². The lowest BCUT2D eigenvalue weighted by atomic mass is 9.84. The molecule has 0 unspecified atom stereocenters. The number of benzene rings is 1. The highest BCUT2D eigenvalue weighted by atomic mass is 35.5. The summed E-state index contributed by atoms with van der Waals surface area (Å²) in [5.41, 5.74) is 1.04. The third kappa shape index (κ3) is 7.02. The summed E-state index contributed by atoms with van der Waals surface area (Å²) in [5.74, 6) is 0.795. The predicted molar refractivity (Wildman–Crippen MR) is 120 cm³/mol. The van der Waals surface area contributed by atoms with Gasteiger partial charge in [0.25, 0.3) is 0 Å². The summed E-state index contributed by atoms with van der Waals surface area (Å²) in [6.07, 6.45) is 5.83. The van der Waals surface area contributed by atoms with E-state index < -0.39 is 0 Å². The second-order valence-electron chi connectivity index (χ2n) is 8.14. The third-order valence-electron chi connectivity index (χ3n) is 6.12. The van der Waals surface area contributed by atoms with Crippen LogP contribution in [0.5, 0.6) is 0 Å². The molecule has 1 amide bonds. The minimum absolute atomic E-state index is 0.0213. The highest BCUT2D eigenvalue weighted by molar-refractivity contribution is 6.35. The SMILES string of the molecule is CCOCC(=O)NC1CCC(CCN2CCN(c3cc(Cl)ccc3Cl)CC2)CC1. The maximum atomic E-state index is 11.8. The van der Waals surface area contributed by atoms with Gasteiger partial charge in [-0.25, -0.2) is 0 Å². The summed E-state index contributed by atoms with van der Waals surface area (Å²) >= 11 is 12.5. The van der Waals surface area contributed by atoms with E-state index in [9.17, 15) is 4.79 Å². The van der Waals surface area contributed by atoms with Crippen molar-refractivity contribution in [2.45, 2.75) is 45.1 Å². The molecule has 0 radical (unpaired) electrons. The maximum absolute atomic E-state index is 11.8. The lowest BCUT2D eigenvalue weighted by Gasteiger charge is -2.37. The summed E-state index contributed by atoms with van der Waals surface area (Å²) in [6.45, 7) is 7.92. The van der Waals surface area contributed by atoms with Gasteiger partial charge in [-0.2, -0.15) is 0 Å². The van der Waals surface area contributed by atoms with E-state index in [1.165, 1.54) is 19.3 Å². The molecule has 0 atom stereocenters.